The highest BCUT2D eigenvalue weighted by Gasteiger charge is 2.28. The van der Waals surface area contributed by atoms with Crippen LogP contribution in [-0.2, 0) is 9.59 Å². The number of thiol groups is 1. The Hall–Kier alpha value is -1.34. The molecular weight excluding hydrogens is 260 g/mol. The van der Waals surface area contributed by atoms with Crippen LogP contribution in [0.15, 0.2) is 18.3 Å². The van der Waals surface area contributed by atoms with Crippen molar-refractivity contribution in [3.05, 3.63) is 23.0 Å². The minimum Gasteiger partial charge on any atom is -0.480 e. The van der Waals surface area contributed by atoms with Crippen LogP contribution in [0, 0.1) is 4.64 Å². The molecule has 1 amide bonds. The largest absolute Gasteiger partial charge is 0.480 e. The van der Waals surface area contributed by atoms with Gasteiger partial charge in [-0.2, -0.15) is 12.6 Å². The summed E-state index contributed by atoms with van der Waals surface area (Å²) in [6, 6.07) is 2.21. The van der Waals surface area contributed by atoms with Crippen LogP contribution in [0.3, 0.4) is 0 Å². The zero-order chi connectivity index (χ0) is 13.0. The van der Waals surface area contributed by atoms with Crippen molar-refractivity contribution < 1.29 is 14.7 Å². The van der Waals surface area contributed by atoms with Crippen LogP contribution in [0.25, 0.3) is 0 Å². The average Bonchev–Trinajstić information content (AvgIpc) is 2.26. The predicted octanol–water partition coefficient (Wildman–Crippen LogP) is 1.48. The molecule has 2 N–H and O–H groups in total. The number of carbonyl (C=O) groups is 2. The first-order valence-electron chi connectivity index (χ1n) is 4.80. The number of aromatic nitrogens is 1. The van der Waals surface area contributed by atoms with Crippen LogP contribution in [-0.4, -0.2) is 33.8 Å². The number of hydrogen-bond acceptors (Lipinski definition) is 4. The number of aromatic amines is 1. The van der Waals surface area contributed by atoms with Crippen molar-refractivity contribution in [3.63, 3.8) is 0 Å². The highest BCUT2D eigenvalue weighted by Crippen LogP contribution is 2.18. The Morgan fingerprint density at radius 3 is 2.71 bits per heavy atom. The fourth-order valence-corrected chi connectivity index (χ4v) is 1.98. The molecule has 0 saturated heterocycles. The van der Waals surface area contributed by atoms with Gasteiger partial charge in [0, 0.05) is 18.9 Å². The van der Waals surface area contributed by atoms with E-state index in [9.17, 15) is 9.59 Å². The van der Waals surface area contributed by atoms with Crippen molar-refractivity contribution >= 4 is 42.4 Å². The van der Waals surface area contributed by atoms with Gasteiger partial charge in [0.05, 0.1) is 5.69 Å². The summed E-state index contributed by atoms with van der Waals surface area (Å²) in [6.07, 6.45) is 1.61. The van der Waals surface area contributed by atoms with Gasteiger partial charge in [0.15, 0.2) is 0 Å². The van der Waals surface area contributed by atoms with E-state index in [1.807, 2.05) is 0 Å². The number of nitrogens with one attached hydrogen (secondary N) is 1. The molecule has 0 aliphatic carbocycles. The van der Waals surface area contributed by atoms with Gasteiger partial charge in [0.2, 0.25) is 5.91 Å². The van der Waals surface area contributed by atoms with E-state index in [1.54, 1.807) is 18.3 Å². The van der Waals surface area contributed by atoms with Crippen molar-refractivity contribution in [2.24, 2.45) is 0 Å². The first kappa shape index (κ1) is 13.7. The first-order valence-corrected chi connectivity index (χ1v) is 5.84. The molecule has 1 heterocycles. The summed E-state index contributed by atoms with van der Waals surface area (Å²) in [6.45, 7) is 1.29. The van der Waals surface area contributed by atoms with Gasteiger partial charge in [0.1, 0.15) is 10.7 Å². The van der Waals surface area contributed by atoms with Gasteiger partial charge in [-0.05, 0) is 12.1 Å². The number of aliphatic carboxylic acids is 1. The Kier molecular flexibility index (Phi) is 4.71. The number of anilines is 1. The quantitative estimate of drug-likeness (QED) is 0.573. The second kappa shape index (κ2) is 5.83. The van der Waals surface area contributed by atoms with Gasteiger partial charge >= 0.3 is 5.97 Å². The second-order valence-corrected chi connectivity index (χ2v) is 4.08. The highest BCUT2D eigenvalue weighted by molar-refractivity contribution is 7.80. The number of hydrogen-bond donors (Lipinski definition) is 3. The molecule has 0 aliphatic rings. The standard InChI is InChI=1S/C10H12N2O3S2/c1-6(13)12(8(5-16)10(14)15)7-3-2-4-11-9(7)17/h2-4,8,16H,5H2,1H3,(H,11,17)(H,14,15)/t8-/m0/s1. The SMILES string of the molecule is CC(=O)N(c1ccc[nH]c1=S)[C@@H](CS)C(=O)O. The lowest BCUT2D eigenvalue weighted by molar-refractivity contribution is -0.139. The number of nitrogens with zero attached hydrogens (tertiary/aromatic N) is 1. The molecule has 1 aromatic rings. The van der Waals surface area contributed by atoms with Gasteiger partial charge in [-0.1, -0.05) is 12.2 Å². The molecular formula is C10H12N2O3S2. The lowest BCUT2D eigenvalue weighted by Crippen LogP contribution is -2.45. The van der Waals surface area contributed by atoms with E-state index in [4.69, 9.17) is 17.3 Å². The zero-order valence-electron chi connectivity index (χ0n) is 9.08. The van der Waals surface area contributed by atoms with Crippen LogP contribution in [0.1, 0.15) is 6.92 Å². The highest BCUT2D eigenvalue weighted by atomic mass is 32.1. The Bertz CT molecular complexity index is 486. The molecule has 0 radical (unpaired) electrons. The maximum atomic E-state index is 11.6. The van der Waals surface area contributed by atoms with Gasteiger partial charge in [-0.15, -0.1) is 0 Å². The number of carbonyl (C=O) groups excluding carboxylic acids is 1. The fourth-order valence-electron chi connectivity index (χ4n) is 1.43. The monoisotopic (exact) mass is 272 g/mol. The average molecular weight is 272 g/mol. The third-order valence-electron chi connectivity index (χ3n) is 2.17. The summed E-state index contributed by atoms with van der Waals surface area (Å²) < 4.78 is 0.315. The van der Waals surface area contributed by atoms with E-state index in [-0.39, 0.29) is 5.75 Å². The Morgan fingerprint density at radius 2 is 2.29 bits per heavy atom. The number of amides is 1. The predicted molar refractivity (Wildman–Crippen MR) is 70.1 cm³/mol. The molecule has 1 atom stereocenters. The number of pyridine rings is 1. The van der Waals surface area contributed by atoms with Crippen molar-refractivity contribution in [2.45, 2.75) is 13.0 Å². The van der Waals surface area contributed by atoms with Gasteiger partial charge in [-0.25, -0.2) is 4.79 Å². The lowest BCUT2D eigenvalue weighted by atomic mass is 10.2. The summed E-state index contributed by atoms with van der Waals surface area (Å²) in [5, 5.41) is 9.06. The van der Waals surface area contributed by atoms with Gasteiger partial charge in [0.25, 0.3) is 0 Å². The summed E-state index contributed by atoms with van der Waals surface area (Å²) in [5.74, 6) is -1.50. The van der Waals surface area contributed by atoms with Crippen LogP contribution < -0.4 is 4.90 Å². The van der Waals surface area contributed by atoms with Crippen molar-refractivity contribution in [2.75, 3.05) is 10.7 Å². The third-order valence-corrected chi connectivity index (χ3v) is 2.84. The van der Waals surface area contributed by atoms with Crippen LogP contribution in [0.2, 0.25) is 0 Å². The van der Waals surface area contributed by atoms with E-state index in [0.717, 1.165) is 4.90 Å². The van der Waals surface area contributed by atoms with Crippen LogP contribution in [0.5, 0.6) is 0 Å². The second-order valence-electron chi connectivity index (χ2n) is 3.31. The molecule has 0 spiro atoms. The van der Waals surface area contributed by atoms with Crippen molar-refractivity contribution in [3.8, 4) is 0 Å². The molecule has 0 unspecified atom stereocenters. The normalized spacial score (nSPS) is 11.9. The molecule has 0 aromatic carbocycles. The van der Waals surface area contributed by atoms with E-state index < -0.39 is 17.9 Å². The number of H-pyrrole nitrogens is 1. The minimum absolute atomic E-state index is 0.0125. The van der Waals surface area contributed by atoms with Crippen LogP contribution in [0.4, 0.5) is 5.69 Å². The summed E-state index contributed by atoms with van der Waals surface area (Å²) in [7, 11) is 0. The molecule has 92 valence electrons. The molecule has 0 bridgehead atoms. The molecule has 1 aromatic heterocycles. The number of carboxylic acids is 1. The topological polar surface area (TPSA) is 73.4 Å². The molecule has 1 rings (SSSR count). The fraction of sp³-hybridized carbons (Fsp3) is 0.300. The maximum absolute atomic E-state index is 11.6. The minimum atomic E-state index is -1.12. The van der Waals surface area contributed by atoms with E-state index >= 15 is 0 Å². The summed E-state index contributed by atoms with van der Waals surface area (Å²) >= 11 is 8.99. The van der Waals surface area contributed by atoms with E-state index in [0.29, 0.717) is 10.3 Å². The zero-order valence-corrected chi connectivity index (χ0v) is 10.8. The Balaban J connectivity index is 3.28. The Morgan fingerprint density at radius 1 is 1.65 bits per heavy atom. The maximum Gasteiger partial charge on any atom is 0.327 e. The van der Waals surface area contributed by atoms with Gasteiger partial charge < -0.3 is 10.1 Å². The lowest BCUT2D eigenvalue weighted by Gasteiger charge is -2.26. The third kappa shape index (κ3) is 3.07. The summed E-state index contributed by atoms with van der Waals surface area (Å²) in [5.41, 5.74) is 0.372. The molecule has 17 heavy (non-hydrogen) atoms. The smallest absolute Gasteiger partial charge is 0.327 e. The van der Waals surface area contributed by atoms with E-state index in [2.05, 4.69) is 17.6 Å². The number of rotatable bonds is 4. The molecule has 0 aliphatic heterocycles. The summed E-state index contributed by atoms with van der Waals surface area (Å²) in [4.78, 5) is 26.5. The van der Waals surface area contributed by atoms with Crippen molar-refractivity contribution in [1.29, 1.82) is 0 Å². The Labute approximate surface area is 109 Å². The van der Waals surface area contributed by atoms with Crippen LogP contribution >= 0.6 is 24.8 Å². The molecule has 0 saturated carbocycles. The number of carboxylic acid groups (broad SMARTS) is 1. The molecule has 7 heteroatoms. The first-order chi connectivity index (χ1) is 7.99. The molecule has 0 fully saturated rings. The van der Waals surface area contributed by atoms with Crippen molar-refractivity contribution in [1.82, 2.24) is 4.98 Å². The molecule has 5 nitrogen and oxygen atoms in total. The van der Waals surface area contributed by atoms with Gasteiger partial charge in [-0.3, -0.25) is 9.69 Å². The van der Waals surface area contributed by atoms with E-state index in [1.165, 1.54) is 6.92 Å².